The molecule has 1 aliphatic carbocycles. The van der Waals surface area contributed by atoms with Crippen molar-refractivity contribution in [3.05, 3.63) is 34.9 Å². The Morgan fingerprint density at radius 3 is 2.59 bits per heavy atom. The van der Waals surface area contributed by atoms with Crippen LogP contribution in [0.5, 0.6) is 0 Å². The van der Waals surface area contributed by atoms with Gasteiger partial charge in [0.25, 0.3) is 0 Å². The molecular formula is C13H16ClNO2. The molecule has 2 rings (SSSR count). The van der Waals surface area contributed by atoms with Crippen molar-refractivity contribution in [2.24, 2.45) is 5.92 Å². The normalized spacial score (nSPS) is 23.1. The first kappa shape index (κ1) is 12.4. The van der Waals surface area contributed by atoms with E-state index < -0.39 is 5.97 Å². The lowest BCUT2D eigenvalue weighted by atomic mass is 9.79. The molecular weight excluding hydrogens is 238 g/mol. The summed E-state index contributed by atoms with van der Waals surface area (Å²) in [6.45, 7) is 0.816. The van der Waals surface area contributed by atoms with E-state index in [-0.39, 0.29) is 12.0 Å². The van der Waals surface area contributed by atoms with E-state index in [9.17, 15) is 4.79 Å². The lowest BCUT2D eigenvalue weighted by Crippen LogP contribution is -2.48. The summed E-state index contributed by atoms with van der Waals surface area (Å²) in [7, 11) is 0. The molecule has 0 amide bonds. The molecule has 2 unspecified atom stereocenters. The Morgan fingerprint density at radius 2 is 2.06 bits per heavy atom. The Balaban J connectivity index is 1.73. The molecule has 0 radical (unpaired) electrons. The van der Waals surface area contributed by atoms with Gasteiger partial charge < -0.3 is 10.4 Å². The predicted octanol–water partition coefficient (Wildman–Crippen LogP) is 2.34. The van der Waals surface area contributed by atoms with E-state index in [0.717, 1.165) is 30.8 Å². The van der Waals surface area contributed by atoms with Crippen LogP contribution in [-0.4, -0.2) is 23.7 Å². The number of carbonyl (C=O) groups is 1. The van der Waals surface area contributed by atoms with Gasteiger partial charge in [0.1, 0.15) is 0 Å². The number of halogens is 1. The van der Waals surface area contributed by atoms with E-state index in [2.05, 4.69) is 5.32 Å². The van der Waals surface area contributed by atoms with Crippen LogP contribution in [-0.2, 0) is 11.2 Å². The van der Waals surface area contributed by atoms with Gasteiger partial charge in [-0.3, -0.25) is 4.79 Å². The van der Waals surface area contributed by atoms with Gasteiger partial charge in [0, 0.05) is 11.1 Å². The highest BCUT2D eigenvalue weighted by Crippen LogP contribution is 2.27. The average molecular weight is 254 g/mol. The Labute approximate surface area is 106 Å². The van der Waals surface area contributed by atoms with Crippen molar-refractivity contribution >= 4 is 17.6 Å². The maximum atomic E-state index is 10.8. The SMILES string of the molecule is O=C(O)C1CCC1NCCc1ccc(Cl)cc1. The number of nitrogens with one attached hydrogen (secondary N) is 1. The molecule has 1 aromatic carbocycles. The summed E-state index contributed by atoms with van der Waals surface area (Å²) in [6.07, 6.45) is 2.67. The molecule has 92 valence electrons. The van der Waals surface area contributed by atoms with E-state index >= 15 is 0 Å². The molecule has 1 saturated carbocycles. The van der Waals surface area contributed by atoms with Crippen LogP contribution >= 0.6 is 11.6 Å². The maximum absolute atomic E-state index is 10.8. The Morgan fingerprint density at radius 1 is 1.35 bits per heavy atom. The molecule has 17 heavy (non-hydrogen) atoms. The first-order valence-corrected chi connectivity index (χ1v) is 6.25. The summed E-state index contributed by atoms with van der Waals surface area (Å²) < 4.78 is 0. The van der Waals surface area contributed by atoms with Crippen LogP contribution in [0.3, 0.4) is 0 Å². The zero-order valence-corrected chi connectivity index (χ0v) is 10.3. The van der Waals surface area contributed by atoms with Gasteiger partial charge >= 0.3 is 5.97 Å². The summed E-state index contributed by atoms with van der Waals surface area (Å²) in [5, 5.41) is 12.9. The van der Waals surface area contributed by atoms with Gasteiger partial charge in [-0.15, -0.1) is 0 Å². The molecule has 2 atom stereocenters. The fourth-order valence-corrected chi connectivity index (χ4v) is 2.22. The van der Waals surface area contributed by atoms with Gasteiger partial charge in [-0.25, -0.2) is 0 Å². The van der Waals surface area contributed by atoms with Crippen LogP contribution in [0.4, 0.5) is 0 Å². The van der Waals surface area contributed by atoms with E-state index in [4.69, 9.17) is 16.7 Å². The maximum Gasteiger partial charge on any atom is 0.308 e. The van der Waals surface area contributed by atoms with E-state index in [1.807, 2.05) is 24.3 Å². The highest BCUT2D eigenvalue weighted by atomic mass is 35.5. The topological polar surface area (TPSA) is 49.3 Å². The third-order valence-corrected chi connectivity index (χ3v) is 3.58. The van der Waals surface area contributed by atoms with E-state index in [0.29, 0.717) is 0 Å². The van der Waals surface area contributed by atoms with Crippen LogP contribution < -0.4 is 5.32 Å². The standard InChI is InChI=1S/C13H16ClNO2/c14-10-3-1-9(2-4-10)7-8-15-12-6-5-11(12)13(16)17/h1-4,11-12,15H,5-8H2,(H,16,17). The monoisotopic (exact) mass is 253 g/mol. The van der Waals surface area contributed by atoms with Crippen LogP contribution in [0.2, 0.25) is 5.02 Å². The van der Waals surface area contributed by atoms with Gasteiger partial charge in [0.2, 0.25) is 0 Å². The molecule has 3 nitrogen and oxygen atoms in total. The second kappa shape index (κ2) is 5.52. The fourth-order valence-electron chi connectivity index (χ4n) is 2.09. The van der Waals surface area contributed by atoms with Crippen LogP contribution in [0, 0.1) is 5.92 Å². The number of hydrogen-bond donors (Lipinski definition) is 2. The molecule has 1 fully saturated rings. The minimum absolute atomic E-state index is 0.153. The zero-order chi connectivity index (χ0) is 12.3. The zero-order valence-electron chi connectivity index (χ0n) is 9.53. The molecule has 4 heteroatoms. The lowest BCUT2D eigenvalue weighted by molar-refractivity contribution is -0.146. The van der Waals surface area contributed by atoms with Crippen molar-refractivity contribution in [3.63, 3.8) is 0 Å². The third-order valence-electron chi connectivity index (χ3n) is 3.33. The van der Waals surface area contributed by atoms with Crippen LogP contribution in [0.1, 0.15) is 18.4 Å². The van der Waals surface area contributed by atoms with E-state index in [1.165, 1.54) is 5.56 Å². The van der Waals surface area contributed by atoms with Gasteiger partial charge in [-0.2, -0.15) is 0 Å². The average Bonchev–Trinajstić information content (AvgIpc) is 2.24. The predicted molar refractivity (Wildman–Crippen MR) is 67.3 cm³/mol. The molecule has 2 N–H and O–H groups in total. The van der Waals surface area contributed by atoms with Crippen molar-refractivity contribution in [2.45, 2.75) is 25.3 Å². The third kappa shape index (κ3) is 3.20. The molecule has 0 heterocycles. The minimum atomic E-state index is -0.680. The molecule has 0 saturated heterocycles. The van der Waals surface area contributed by atoms with Gasteiger partial charge in [-0.05, 0) is 43.5 Å². The van der Waals surface area contributed by atoms with Crippen molar-refractivity contribution in [3.8, 4) is 0 Å². The summed E-state index contributed by atoms with van der Waals surface area (Å²) >= 11 is 5.80. The summed E-state index contributed by atoms with van der Waals surface area (Å²) in [5.74, 6) is -0.875. The molecule has 1 aromatic rings. The molecule has 0 spiro atoms. The fraction of sp³-hybridized carbons (Fsp3) is 0.462. The van der Waals surface area contributed by atoms with Gasteiger partial charge in [0.05, 0.1) is 5.92 Å². The van der Waals surface area contributed by atoms with E-state index in [1.54, 1.807) is 0 Å². The number of carboxylic acid groups (broad SMARTS) is 1. The molecule has 1 aliphatic rings. The smallest absolute Gasteiger partial charge is 0.308 e. The Kier molecular flexibility index (Phi) is 4.02. The van der Waals surface area contributed by atoms with Crippen LogP contribution in [0.25, 0.3) is 0 Å². The Hall–Kier alpha value is -1.06. The van der Waals surface area contributed by atoms with Crippen LogP contribution in [0.15, 0.2) is 24.3 Å². The van der Waals surface area contributed by atoms with Gasteiger partial charge in [-0.1, -0.05) is 23.7 Å². The highest BCUT2D eigenvalue weighted by molar-refractivity contribution is 6.30. The number of hydrogen-bond acceptors (Lipinski definition) is 2. The second-order valence-corrected chi connectivity index (χ2v) is 4.90. The quantitative estimate of drug-likeness (QED) is 0.847. The van der Waals surface area contributed by atoms with Crippen molar-refractivity contribution in [1.29, 1.82) is 0 Å². The number of benzene rings is 1. The largest absolute Gasteiger partial charge is 0.481 e. The minimum Gasteiger partial charge on any atom is -0.481 e. The lowest BCUT2D eigenvalue weighted by Gasteiger charge is -2.34. The number of carboxylic acids is 1. The first-order valence-electron chi connectivity index (χ1n) is 5.87. The summed E-state index contributed by atoms with van der Waals surface area (Å²) in [4.78, 5) is 10.8. The number of rotatable bonds is 5. The molecule has 0 bridgehead atoms. The van der Waals surface area contributed by atoms with Crippen molar-refractivity contribution in [1.82, 2.24) is 5.32 Å². The summed E-state index contributed by atoms with van der Waals surface area (Å²) in [6, 6.07) is 7.90. The van der Waals surface area contributed by atoms with Crippen molar-refractivity contribution < 1.29 is 9.90 Å². The second-order valence-electron chi connectivity index (χ2n) is 4.46. The van der Waals surface area contributed by atoms with Gasteiger partial charge in [0.15, 0.2) is 0 Å². The summed E-state index contributed by atoms with van der Waals surface area (Å²) in [5.41, 5.74) is 1.22. The highest BCUT2D eigenvalue weighted by Gasteiger charge is 2.35. The first-order chi connectivity index (χ1) is 8.16. The Bertz CT molecular complexity index is 391. The molecule has 0 aromatic heterocycles. The molecule has 0 aliphatic heterocycles. The van der Waals surface area contributed by atoms with Crippen molar-refractivity contribution in [2.75, 3.05) is 6.54 Å². The number of aliphatic carboxylic acids is 1.